The number of thiophene rings is 1. The number of hydrogen-bond acceptors (Lipinski definition) is 3. The average molecular weight is 224 g/mol. The topological polar surface area (TPSA) is 26.3 Å². The maximum absolute atomic E-state index is 11.6. The summed E-state index contributed by atoms with van der Waals surface area (Å²) in [5, 5.41) is 1.99. The average Bonchev–Trinajstić information content (AvgIpc) is 2.61. The van der Waals surface area contributed by atoms with Gasteiger partial charge in [0.1, 0.15) is 4.88 Å². The van der Waals surface area contributed by atoms with Crippen molar-refractivity contribution in [2.75, 3.05) is 6.61 Å². The Morgan fingerprint density at radius 1 is 1.60 bits per heavy atom. The smallest absolute Gasteiger partial charge is 0.348 e. The predicted octanol–water partition coefficient (Wildman–Crippen LogP) is 3.44. The van der Waals surface area contributed by atoms with Crippen LogP contribution in [-0.2, 0) is 4.74 Å². The SMILES string of the molecule is CCOC(=O)c1sccc1C1CC(C)C1. The molecule has 0 bridgehead atoms. The summed E-state index contributed by atoms with van der Waals surface area (Å²) in [5.41, 5.74) is 1.21. The summed E-state index contributed by atoms with van der Waals surface area (Å²) < 4.78 is 5.04. The Kier molecular flexibility index (Phi) is 3.10. The second-order valence-electron chi connectivity index (χ2n) is 4.20. The number of carbonyl (C=O) groups excluding carboxylic acids is 1. The molecule has 0 aliphatic heterocycles. The van der Waals surface area contributed by atoms with Crippen LogP contribution in [0.2, 0.25) is 0 Å². The largest absolute Gasteiger partial charge is 0.462 e. The Balaban J connectivity index is 2.11. The lowest BCUT2D eigenvalue weighted by Crippen LogP contribution is -2.20. The van der Waals surface area contributed by atoms with E-state index in [0.29, 0.717) is 12.5 Å². The fraction of sp³-hybridized carbons (Fsp3) is 0.583. The van der Waals surface area contributed by atoms with Gasteiger partial charge in [0.15, 0.2) is 0 Å². The number of hydrogen-bond donors (Lipinski definition) is 0. The highest BCUT2D eigenvalue weighted by Crippen LogP contribution is 2.43. The zero-order valence-electron chi connectivity index (χ0n) is 9.16. The van der Waals surface area contributed by atoms with Gasteiger partial charge in [0.05, 0.1) is 6.61 Å². The molecule has 0 amide bonds. The first-order valence-corrected chi connectivity index (χ1v) is 6.34. The number of esters is 1. The van der Waals surface area contributed by atoms with Gasteiger partial charge in [-0.05, 0) is 48.6 Å². The maximum atomic E-state index is 11.6. The van der Waals surface area contributed by atoms with Gasteiger partial charge in [-0.15, -0.1) is 11.3 Å². The van der Waals surface area contributed by atoms with Crippen molar-refractivity contribution in [3.63, 3.8) is 0 Å². The van der Waals surface area contributed by atoms with Gasteiger partial charge >= 0.3 is 5.97 Å². The van der Waals surface area contributed by atoms with E-state index < -0.39 is 0 Å². The molecule has 2 nitrogen and oxygen atoms in total. The molecule has 0 spiro atoms. The van der Waals surface area contributed by atoms with E-state index in [9.17, 15) is 4.79 Å². The summed E-state index contributed by atoms with van der Waals surface area (Å²) in [5.74, 6) is 1.25. The van der Waals surface area contributed by atoms with Crippen molar-refractivity contribution < 1.29 is 9.53 Å². The number of rotatable bonds is 3. The fourth-order valence-electron chi connectivity index (χ4n) is 2.16. The van der Waals surface area contributed by atoms with Gasteiger partial charge in [0.2, 0.25) is 0 Å². The molecule has 0 unspecified atom stereocenters. The molecule has 1 fully saturated rings. The third kappa shape index (κ3) is 2.07. The van der Waals surface area contributed by atoms with Crippen LogP contribution in [0.5, 0.6) is 0 Å². The summed E-state index contributed by atoms with van der Waals surface area (Å²) in [4.78, 5) is 12.5. The molecule has 82 valence electrons. The van der Waals surface area contributed by atoms with E-state index in [4.69, 9.17) is 4.74 Å². The first kappa shape index (κ1) is 10.7. The zero-order valence-corrected chi connectivity index (χ0v) is 9.97. The molecule has 2 rings (SSSR count). The molecule has 1 heterocycles. The lowest BCUT2D eigenvalue weighted by Gasteiger charge is -2.32. The van der Waals surface area contributed by atoms with E-state index in [1.165, 1.54) is 29.7 Å². The highest BCUT2D eigenvalue weighted by molar-refractivity contribution is 7.12. The molecule has 1 aromatic rings. The first-order chi connectivity index (χ1) is 7.22. The number of ether oxygens (including phenoxy) is 1. The molecule has 0 atom stereocenters. The van der Waals surface area contributed by atoms with Crippen molar-refractivity contribution >= 4 is 17.3 Å². The van der Waals surface area contributed by atoms with Crippen molar-refractivity contribution in [2.24, 2.45) is 5.92 Å². The van der Waals surface area contributed by atoms with E-state index >= 15 is 0 Å². The molecular weight excluding hydrogens is 208 g/mol. The molecule has 1 aromatic heterocycles. The highest BCUT2D eigenvalue weighted by Gasteiger charge is 2.30. The van der Waals surface area contributed by atoms with Crippen LogP contribution < -0.4 is 0 Å². The molecule has 1 aliphatic carbocycles. The molecule has 1 saturated carbocycles. The van der Waals surface area contributed by atoms with Crippen LogP contribution in [0, 0.1) is 5.92 Å². The van der Waals surface area contributed by atoms with Crippen LogP contribution >= 0.6 is 11.3 Å². The minimum Gasteiger partial charge on any atom is -0.462 e. The molecule has 3 heteroatoms. The van der Waals surface area contributed by atoms with Crippen LogP contribution in [0.4, 0.5) is 0 Å². The van der Waals surface area contributed by atoms with Crippen LogP contribution in [0.15, 0.2) is 11.4 Å². The van der Waals surface area contributed by atoms with E-state index in [-0.39, 0.29) is 5.97 Å². The molecule has 0 N–H and O–H groups in total. The monoisotopic (exact) mass is 224 g/mol. The Morgan fingerprint density at radius 2 is 2.33 bits per heavy atom. The lowest BCUT2D eigenvalue weighted by atomic mass is 9.72. The third-order valence-electron chi connectivity index (χ3n) is 2.97. The molecule has 1 aliphatic rings. The Morgan fingerprint density at radius 3 is 2.93 bits per heavy atom. The third-order valence-corrected chi connectivity index (χ3v) is 3.88. The van der Waals surface area contributed by atoms with Gasteiger partial charge in [-0.2, -0.15) is 0 Å². The van der Waals surface area contributed by atoms with Crippen molar-refractivity contribution in [3.05, 3.63) is 21.9 Å². The minimum atomic E-state index is -0.151. The standard InChI is InChI=1S/C12H16O2S/c1-3-14-12(13)11-10(4-5-15-11)9-6-8(2)7-9/h4-5,8-9H,3,6-7H2,1-2H3. The van der Waals surface area contributed by atoms with Crippen molar-refractivity contribution in [3.8, 4) is 0 Å². The van der Waals surface area contributed by atoms with Crippen LogP contribution in [0.1, 0.15) is 47.8 Å². The van der Waals surface area contributed by atoms with Gasteiger partial charge in [-0.1, -0.05) is 6.92 Å². The van der Waals surface area contributed by atoms with E-state index in [0.717, 1.165) is 10.8 Å². The normalized spacial score (nSPS) is 24.7. The molecule has 15 heavy (non-hydrogen) atoms. The Hall–Kier alpha value is -0.830. The molecule has 0 aromatic carbocycles. The summed E-state index contributed by atoms with van der Waals surface area (Å²) >= 11 is 1.50. The fourth-order valence-corrected chi connectivity index (χ4v) is 3.04. The summed E-state index contributed by atoms with van der Waals surface area (Å²) in [7, 11) is 0. The highest BCUT2D eigenvalue weighted by atomic mass is 32.1. The first-order valence-electron chi connectivity index (χ1n) is 5.46. The van der Waals surface area contributed by atoms with Crippen molar-refractivity contribution in [1.82, 2.24) is 0 Å². The van der Waals surface area contributed by atoms with Gasteiger partial charge < -0.3 is 4.74 Å². The zero-order chi connectivity index (χ0) is 10.8. The summed E-state index contributed by atoms with van der Waals surface area (Å²) in [6.07, 6.45) is 2.42. The second kappa shape index (κ2) is 4.35. The lowest BCUT2D eigenvalue weighted by molar-refractivity contribution is 0.0529. The van der Waals surface area contributed by atoms with Crippen LogP contribution in [-0.4, -0.2) is 12.6 Å². The van der Waals surface area contributed by atoms with E-state index in [1.807, 2.05) is 12.3 Å². The van der Waals surface area contributed by atoms with Gasteiger partial charge in [0.25, 0.3) is 0 Å². The summed E-state index contributed by atoms with van der Waals surface area (Å²) in [6, 6.07) is 2.08. The van der Waals surface area contributed by atoms with Crippen LogP contribution in [0.3, 0.4) is 0 Å². The van der Waals surface area contributed by atoms with Crippen molar-refractivity contribution in [2.45, 2.75) is 32.6 Å². The van der Waals surface area contributed by atoms with Gasteiger partial charge in [-0.25, -0.2) is 4.79 Å². The van der Waals surface area contributed by atoms with Crippen LogP contribution in [0.25, 0.3) is 0 Å². The van der Waals surface area contributed by atoms with E-state index in [1.54, 1.807) is 0 Å². The maximum Gasteiger partial charge on any atom is 0.348 e. The van der Waals surface area contributed by atoms with E-state index in [2.05, 4.69) is 13.0 Å². The Bertz CT molecular complexity index is 350. The quantitative estimate of drug-likeness (QED) is 0.735. The summed E-state index contributed by atoms with van der Waals surface area (Å²) in [6.45, 7) is 4.56. The Labute approximate surface area is 94.3 Å². The predicted molar refractivity (Wildman–Crippen MR) is 61.4 cm³/mol. The second-order valence-corrected chi connectivity index (χ2v) is 5.12. The van der Waals surface area contributed by atoms with Gasteiger partial charge in [-0.3, -0.25) is 0 Å². The van der Waals surface area contributed by atoms with Gasteiger partial charge in [0, 0.05) is 0 Å². The number of carbonyl (C=O) groups is 1. The molecule has 0 radical (unpaired) electrons. The molecular formula is C12H16O2S. The van der Waals surface area contributed by atoms with Crippen molar-refractivity contribution in [1.29, 1.82) is 0 Å². The minimum absolute atomic E-state index is 0.151. The molecule has 0 saturated heterocycles.